The highest BCUT2D eigenvalue weighted by Crippen LogP contribution is 2.42. The average Bonchev–Trinajstić information content (AvgIpc) is 2.75. The van der Waals surface area contributed by atoms with E-state index in [1.165, 1.54) is 6.92 Å². The van der Waals surface area contributed by atoms with Crippen LogP contribution in [0.25, 0.3) is 0 Å². The number of amides is 1. The Kier molecular flexibility index (Phi) is 8.30. The van der Waals surface area contributed by atoms with Crippen LogP contribution < -0.4 is 5.32 Å². The summed E-state index contributed by atoms with van der Waals surface area (Å²) in [6, 6.07) is 15.3. The lowest BCUT2D eigenvalue weighted by Crippen LogP contribution is -2.38. The minimum atomic E-state index is -0.572. The molecule has 1 aliphatic heterocycles. The number of hydrogen-bond acceptors (Lipinski definition) is 6. The van der Waals surface area contributed by atoms with E-state index in [0.717, 1.165) is 22.4 Å². The summed E-state index contributed by atoms with van der Waals surface area (Å²) in [5, 5.41) is 21.3. The van der Waals surface area contributed by atoms with Crippen molar-refractivity contribution >= 4 is 23.4 Å². The first kappa shape index (κ1) is 22.8. The second-order valence-corrected chi connectivity index (χ2v) is 8.58. The Morgan fingerprint density at radius 2 is 1.87 bits per heavy atom. The predicted octanol–water partition coefficient (Wildman–Crippen LogP) is 3.65. The van der Waals surface area contributed by atoms with Crippen LogP contribution in [0.4, 0.5) is 5.69 Å². The minimum absolute atomic E-state index is 0.00343. The van der Waals surface area contributed by atoms with Gasteiger partial charge in [-0.05, 0) is 23.3 Å². The van der Waals surface area contributed by atoms with Crippen molar-refractivity contribution in [3.8, 4) is 0 Å². The van der Waals surface area contributed by atoms with Crippen LogP contribution in [-0.2, 0) is 20.9 Å². The van der Waals surface area contributed by atoms with Crippen molar-refractivity contribution in [2.24, 2.45) is 5.92 Å². The molecular formula is C23H29NO5S. The maximum absolute atomic E-state index is 11.4. The van der Waals surface area contributed by atoms with Crippen molar-refractivity contribution in [1.82, 2.24) is 0 Å². The molecule has 0 bridgehead atoms. The zero-order chi connectivity index (χ0) is 21.5. The highest BCUT2D eigenvalue weighted by atomic mass is 32.2. The van der Waals surface area contributed by atoms with E-state index in [9.17, 15) is 9.90 Å². The minimum Gasteiger partial charge on any atom is -0.396 e. The molecule has 30 heavy (non-hydrogen) atoms. The molecule has 1 heterocycles. The molecule has 1 saturated heterocycles. The van der Waals surface area contributed by atoms with Gasteiger partial charge in [0.25, 0.3) is 0 Å². The van der Waals surface area contributed by atoms with Crippen LogP contribution in [0.15, 0.2) is 48.5 Å². The summed E-state index contributed by atoms with van der Waals surface area (Å²) in [6.45, 7) is 3.72. The number of nitrogens with one attached hydrogen (secondary N) is 1. The molecule has 3 N–H and O–H groups in total. The number of aliphatic hydroxyl groups excluding tert-OH is 2. The van der Waals surface area contributed by atoms with Gasteiger partial charge in [0.05, 0.1) is 25.4 Å². The van der Waals surface area contributed by atoms with Gasteiger partial charge in [0.1, 0.15) is 0 Å². The van der Waals surface area contributed by atoms with Crippen molar-refractivity contribution in [3.05, 3.63) is 65.2 Å². The third-order valence-electron chi connectivity index (χ3n) is 5.12. The smallest absolute Gasteiger partial charge is 0.221 e. The first-order valence-electron chi connectivity index (χ1n) is 10.1. The highest BCUT2D eigenvalue weighted by Gasteiger charge is 2.38. The number of thioether (sulfide) groups is 1. The molecule has 1 amide bonds. The van der Waals surface area contributed by atoms with E-state index < -0.39 is 6.29 Å². The number of anilines is 1. The van der Waals surface area contributed by atoms with Crippen LogP contribution in [-0.4, -0.2) is 40.3 Å². The second kappa shape index (κ2) is 10.9. The number of carbonyl (C=O) groups is 1. The molecule has 3 rings (SSSR count). The molecule has 1 aliphatic rings. The lowest BCUT2D eigenvalue weighted by Gasteiger charge is -2.41. The third kappa shape index (κ3) is 5.83. The van der Waals surface area contributed by atoms with Crippen molar-refractivity contribution in [3.63, 3.8) is 0 Å². The van der Waals surface area contributed by atoms with E-state index in [4.69, 9.17) is 14.6 Å². The third-order valence-corrected chi connectivity index (χ3v) is 6.16. The zero-order valence-electron chi connectivity index (χ0n) is 17.3. The fourth-order valence-corrected chi connectivity index (χ4v) is 4.45. The summed E-state index contributed by atoms with van der Waals surface area (Å²) in [5.41, 5.74) is 3.42. The summed E-state index contributed by atoms with van der Waals surface area (Å²) < 4.78 is 12.7. The average molecular weight is 432 g/mol. The van der Waals surface area contributed by atoms with Crippen molar-refractivity contribution < 1.29 is 24.5 Å². The van der Waals surface area contributed by atoms with Gasteiger partial charge in [-0.25, -0.2) is 0 Å². The monoisotopic (exact) mass is 431 g/mol. The molecule has 0 unspecified atom stereocenters. The SMILES string of the molecule is CC(=O)Nc1cccc([C@@H]2O[C@H](CSCCO)[C@H](C)[C@H](c3ccc(CO)cc3)O2)c1. The van der Waals surface area contributed by atoms with Crippen LogP contribution in [0, 0.1) is 5.92 Å². The lowest BCUT2D eigenvalue weighted by molar-refractivity contribution is -0.268. The normalized spacial score (nSPS) is 23.9. The molecule has 1 fully saturated rings. The van der Waals surface area contributed by atoms with E-state index >= 15 is 0 Å². The summed E-state index contributed by atoms with van der Waals surface area (Å²) in [6.07, 6.45) is -0.815. The Balaban J connectivity index is 1.86. The second-order valence-electron chi connectivity index (χ2n) is 7.43. The van der Waals surface area contributed by atoms with Gasteiger partial charge in [-0.15, -0.1) is 0 Å². The number of benzene rings is 2. The van der Waals surface area contributed by atoms with Gasteiger partial charge in [0.15, 0.2) is 6.29 Å². The molecule has 4 atom stereocenters. The molecule has 6 nitrogen and oxygen atoms in total. The maximum Gasteiger partial charge on any atom is 0.221 e. The summed E-state index contributed by atoms with van der Waals surface area (Å²) in [7, 11) is 0. The van der Waals surface area contributed by atoms with Crippen LogP contribution in [0.2, 0.25) is 0 Å². The number of aliphatic hydroxyl groups is 2. The van der Waals surface area contributed by atoms with E-state index in [2.05, 4.69) is 12.2 Å². The van der Waals surface area contributed by atoms with Gasteiger partial charge >= 0.3 is 0 Å². The van der Waals surface area contributed by atoms with E-state index in [0.29, 0.717) is 11.4 Å². The maximum atomic E-state index is 11.4. The van der Waals surface area contributed by atoms with Crippen molar-refractivity contribution in [1.29, 1.82) is 0 Å². The topological polar surface area (TPSA) is 88.0 Å². The number of ether oxygens (including phenoxy) is 2. The standard InChI is InChI=1S/C23H29NO5S/c1-15-21(14-30-11-10-25)28-23(19-4-3-5-20(12-19)24-16(2)27)29-22(15)18-8-6-17(13-26)7-9-18/h3-9,12,15,21-23,25-26H,10-11,13-14H2,1-2H3,(H,24,27)/t15-,21+,22+,23+/m0/s1. The van der Waals surface area contributed by atoms with Crippen LogP contribution in [0.3, 0.4) is 0 Å². The van der Waals surface area contributed by atoms with Crippen LogP contribution in [0.1, 0.15) is 42.9 Å². The molecule has 0 aromatic heterocycles. The van der Waals surface area contributed by atoms with Crippen LogP contribution in [0.5, 0.6) is 0 Å². The lowest BCUT2D eigenvalue weighted by atomic mass is 9.91. The molecule has 2 aromatic carbocycles. The molecule has 0 radical (unpaired) electrons. The quantitative estimate of drug-likeness (QED) is 0.553. The number of rotatable bonds is 8. The first-order valence-corrected chi connectivity index (χ1v) is 11.2. The zero-order valence-corrected chi connectivity index (χ0v) is 18.1. The Hall–Kier alpha value is -1.90. The van der Waals surface area contributed by atoms with Gasteiger partial charge in [-0.1, -0.05) is 43.3 Å². The molecule has 0 spiro atoms. The van der Waals surface area contributed by atoms with Gasteiger partial charge in [-0.3, -0.25) is 4.79 Å². The fourth-order valence-electron chi connectivity index (χ4n) is 3.54. The van der Waals surface area contributed by atoms with Gasteiger partial charge in [0, 0.05) is 35.6 Å². The van der Waals surface area contributed by atoms with E-state index in [1.54, 1.807) is 11.8 Å². The Bertz CT molecular complexity index is 829. The largest absolute Gasteiger partial charge is 0.396 e. The molecule has 7 heteroatoms. The first-order chi connectivity index (χ1) is 14.5. The number of hydrogen-bond donors (Lipinski definition) is 3. The summed E-state index contributed by atoms with van der Waals surface area (Å²) in [5.74, 6) is 1.38. The molecule has 162 valence electrons. The van der Waals surface area contributed by atoms with E-state index in [1.807, 2.05) is 48.5 Å². The fraction of sp³-hybridized carbons (Fsp3) is 0.435. The van der Waals surface area contributed by atoms with E-state index in [-0.39, 0.29) is 37.2 Å². The highest BCUT2D eigenvalue weighted by molar-refractivity contribution is 7.99. The van der Waals surface area contributed by atoms with Crippen molar-refractivity contribution in [2.45, 2.75) is 39.0 Å². The summed E-state index contributed by atoms with van der Waals surface area (Å²) >= 11 is 1.65. The Morgan fingerprint density at radius 3 is 2.53 bits per heavy atom. The molecule has 0 saturated carbocycles. The summed E-state index contributed by atoms with van der Waals surface area (Å²) in [4.78, 5) is 11.4. The van der Waals surface area contributed by atoms with Gasteiger partial charge in [0.2, 0.25) is 5.91 Å². The Morgan fingerprint density at radius 1 is 1.10 bits per heavy atom. The van der Waals surface area contributed by atoms with Gasteiger partial charge < -0.3 is 25.0 Å². The number of carbonyl (C=O) groups excluding carboxylic acids is 1. The Labute approximate surface area is 181 Å². The molecular weight excluding hydrogens is 402 g/mol. The predicted molar refractivity (Wildman–Crippen MR) is 118 cm³/mol. The molecule has 2 aromatic rings. The van der Waals surface area contributed by atoms with Crippen molar-refractivity contribution in [2.75, 3.05) is 23.4 Å². The van der Waals surface area contributed by atoms with Crippen LogP contribution >= 0.6 is 11.8 Å². The molecule has 0 aliphatic carbocycles. The van der Waals surface area contributed by atoms with Gasteiger partial charge in [-0.2, -0.15) is 11.8 Å².